The number of nitrogens with one attached hydrogen (secondary N) is 1. The average molecular weight is 402 g/mol. The molecular formula is C24H22N2O4. The summed E-state index contributed by atoms with van der Waals surface area (Å²) in [7, 11) is 1.53. The van der Waals surface area contributed by atoms with Gasteiger partial charge in [0.05, 0.1) is 25.5 Å². The van der Waals surface area contributed by atoms with Gasteiger partial charge >= 0.3 is 0 Å². The Labute approximate surface area is 175 Å². The second-order valence-electron chi connectivity index (χ2n) is 6.23. The molecule has 0 spiro atoms. The molecule has 0 radical (unpaired) electrons. The number of ether oxygens (including phenoxy) is 3. The molecule has 30 heavy (non-hydrogen) atoms. The third-order valence-corrected chi connectivity index (χ3v) is 4.27. The maximum Gasteiger partial charge on any atom is 0.275 e. The summed E-state index contributed by atoms with van der Waals surface area (Å²) >= 11 is 0. The lowest BCUT2D eigenvalue weighted by atomic mass is 10.1. The van der Waals surface area contributed by atoms with Crippen molar-refractivity contribution in [2.24, 2.45) is 5.10 Å². The molecular weight excluding hydrogens is 380 g/mol. The smallest absolute Gasteiger partial charge is 0.275 e. The van der Waals surface area contributed by atoms with Crippen LogP contribution in [0.3, 0.4) is 0 Å². The number of hydrogen-bond acceptors (Lipinski definition) is 5. The summed E-state index contributed by atoms with van der Waals surface area (Å²) in [6, 6.07) is 16.7. The van der Waals surface area contributed by atoms with Crippen LogP contribution in [0.5, 0.6) is 17.2 Å². The van der Waals surface area contributed by atoms with Gasteiger partial charge in [-0.15, -0.1) is 6.42 Å². The Morgan fingerprint density at radius 2 is 1.83 bits per heavy atom. The quantitative estimate of drug-likeness (QED) is 0.351. The van der Waals surface area contributed by atoms with Crippen LogP contribution in [0.25, 0.3) is 10.8 Å². The number of carbonyl (C=O) groups excluding carboxylic acids is 1. The minimum absolute atomic E-state index is 0.150. The van der Waals surface area contributed by atoms with Gasteiger partial charge < -0.3 is 14.2 Å². The van der Waals surface area contributed by atoms with E-state index in [1.54, 1.807) is 24.3 Å². The first-order valence-corrected chi connectivity index (χ1v) is 9.39. The predicted molar refractivity (Wildman–Crippen MR) is 117 cm³/mol. The fourth-order valence-electron chi connectivity index (χ4n) is 2.90. The van der Waals surface area contributed by atoms with Crippen molar-refractivity contribution in [3.05, 3.63) is 65.7 Å². The molecule has 0 aromatic heterocycles. The number of fused-ring (bicyclic) bond motifs is 1. The van der Waals surface area contributed by atoms with Crippen LogP contribution in [-0.2, 0) is 0 Å². The number of hydrogen-bond donors (Lipinski definition) is 1. The van der Waals surface area contributed by atoms with Gasteiger partial charge in [0, 0.05) is 0 Å². The Kier molecular flexibility index (Phi) is 6.91. The van der Waals surface area contributed by atoms with Gasteiger partial charge in [0.1, 0.15) is 12.4 Å². The second kappa shape index (κ2) is 9.99. The molecule has 3 rings (SSSR count). The monoisotopic (exact) mass is 402 g/mol. The number of amides is 1. The van der Waals surface area contributed by atoms with Gasteiger partial charge in [-0.2, -0.15) is 5.10 Å². The lowest BCUT2D eigenvalue weighted by molar-refractivity contribution is 0.0952. The molecule has 0 aliphatic carbocycles. The maximum atomic E-state index is 12.6. The average Bonchev–Trinajstić information content (AvgIpc) is 2.77. The zero-order chi connectivity index (χ0) is 21.3. The summed E-state index contributed by atoms with van der Waals surface area (Å²) in [6.45, 7) is 2.51. The first kappa shape index (κ1) is 20.7. The number of nitrogens with zero attached hydrogens (tertiary/aromatic N) is 1. The lowest BCUT2D eigenvalue weighted by Gasteiger charge is -2.11. The Morgan fingerprint density at radius 3 is 2.53 bits per heavy atom. The van der Waals surface area contributed by atoms with E-state index in [0.717, 1.165) is 16.3 Å². The highest BCUT2D eigenvalue weighted by molar-refractivity contribution is 6.02. The highest BCUT2D eigenvalue weighted by Gasteiger charge is 2.13. The Balaban J connectivity index is 1.76. The molecule has 6 heteroatoms. The van der Waals surface area contributed by atoms with Gasteiger partial charge in [0.25, 0.3) is 5.91 Å². The Morgan fingerprint density at radius 1 is 1.07 bits per heavy atom. The largest absolute Gasteiger partial charge is 0.496 e. The van der Waals surface area contributed by atoms with E-state index in [9.17, 15) is 4.79 Å². The van der Waals surface area contributed by atoms with Crippen LogP contribution < -0.4 is 19.6 Å². The topological polar surface area (TPSA) is 69.2 Å². The van der Waals surface area contributed by atoms with Crippen molar-refractivity contribution in [2.75, 3.05) is 20.3 Å². The highest BCUT2D eigenvalue weighted by Crippen LogP contribution is 2.28. The number of terminal acetylenes is 1. The van der Waals surface area contributed by atoms with E-state index in [0.29, 0.717) is 29.4 Å². The van der Waals surface area contributed by atoms with Gasteiger partial charge in [-0.05, 0) is 53.6 Å². The van der Waals surface area contributed by atoms with Crippen molar-refractivity contribution in [2.45, 2.75) is 6.92 Å². The summed E-state index contributed by atoms with van der Waals surface area (Å²) in [4.78, 5) is 12.6. The lowest BCUT2D eigenvalue weighted by Crippen LogP contribution is -2.18. The summed E-state index contributed by atoms with van der Waals surface area (Å²) < 4.78 is 16.4. The predicted octanol–water partition coefficient (Wildman–Crippen LogP) is 4.02. The molecule has 0 bridgehead atoms. The summed E-state index contributed by atoms with van der Waals surface area (Å²) in [5, 5.41) is 5.99. The molecule has 1 N–H and O–H groups in total. The number of methoxy groups -OCH3 is 1. The van der Waals surface area contributed by atoms with Crippen LogP contribution in [0.2, 0.25) is 0 Å². The number of benzene rings is 3. The molecule has 0 unspecified atom stereocenters. The maximum absolute atomic E-state index is 12.6. The van der Waals surface area contributed by atoms with Crippen molar-refractivity contribution in [1.29, 1.82) is 0 Å². The van der Waals surface area contributed by atoms with Crippen LogP contribution >= 0.6 is 0 Å². The molecule has 3 aromatic rings. The minimum Gasteiger partial charge on any atom is -0.496 e. The van der Waals surface area contributed by atoms with E-state index in [1.807, 2.05) is 37.3 Å². The van der Waals surface area contributed by atoms with Gasteiger partial charge in [-0.3, -0.25) is 4.79 Å². The van der Waals surface area contributed by atoms with E-state index in [2.05, 4.69) is 16.4 Å². The third-order valence-electron chi connectivity index (χ3n) is 4.27. The molecule has 6 nitrogen and oxygen atoms in total. The molecule has 0 aliphatic heterocycles. The minimum atomic E-state index is -0.368. The van der Waals surface area contributed by atoms with Crippen LogP contribution in [0.4, 0.5) is 0 Å². The molecule has 3 aromatic carbocycles. The standard InChI is InChI=1S/C24H22N2O4/c1-4-12-30-21-11-10-17(13-23(21)29-5-2)16-25-26-24(27)20-14-18-8-6-7-9-19(18)15-22(20)28-3/h1,6-11,13-16H,5,12H2,2-3H3,(H,26,27)/b25-16-. The van der Waals surface area contributed by atoms with E-state index in [-0.39, 0.29) is 12.5 Å². The van der Waals surface area contributed by atoms with Crippen LogP contribution in [-0.4, -0.2) is 32.4 Å². The van der Waals surface area contributed by atoms with Crippen molar-refractivity contribution in [1.82, 2.24) is 5.43 Å². The Bertz CT molecular complexity index is 1120. The molecule has 0 heterocycles. The molecule has 0 saturated heterocycles. The van der Waals surface area contributed by atoms with Gasteiger partial charge in [0.15, 0.2) is 11.5 Å². The van der Waals surface area contributed by atoms with Crippen molar-refractivity contribution in [3.63, 3.8) is 0 Å². The first-order chi connectivity index (χ1) is 14.7. The molecule has 1 amide bonds. The number of hydrazone groups is 1. The first-order valence-electron chi connectivity index (χ1n) is 9.39. The Hall–Kier alpha value is -3.98. The molecule has 0 aliphatic rings. The van der Waals surface area contributed by atoms with E-state index >= 15 is 0 Å². The zero-order valence-electron chi connectivity index (χ0n) is 16.8. The van der Waals surface area contributed by atoms with Gasteiger partial charge in [-0.25, -0.2) is 5.43 Å². The van der Waals surface area contributed by atoms with Crippen LogP contribution in [0, 0.1) is 12.3 Å². The summed E-state index contributed by atoms with van der Waals surface area (Å²) in [5.41, 5.74) is 3.68. The van der Waals surface area contributed by atoms with E-state index in [1.165, 1.54) is 13.3 Å². The highest BCUT2D eigenvalue weighted by atomic mass is 16.5. The van der Waals surface area contributed by atoms with E-state index in [4.69, 9.17) is 20.6 Å². The normalized spacial score (nSPS) is 10.6. The SMILES string of the molecule is C#CCOc1ccc(/C=N\NC(=O)c2cc3ccccc3cc2OC)cc1OCC. The van der Waals surface area contributed by atoms with Crippen molar-refractivity contribution < 1.29 is 19.0 Å². The molecule has 0 fully saturated rings. The van der Waals surface area contributed by atoms with Crippen molar-refractivity contribution >= 4 is 22.9 Å². The molecule has 0 saturated carbocycles. The number of rotatable bonds is 8. The van der Waals surface area contributed by atoms with Crippen LogP contribution in [0.1, 0.15) is 22.8 Å². The fourth-order valence-corrected chi connectivity index (χ4v) is 2.90. The van der Waals surface area contributed by atoms with Gasteiger partial charge in [-0.1, -0.05) is 30.2 Å². The van der Waals surface area contributed by atoms with E-state index < -0.39 is 0 Å². The summed E-state index contributed by atoms with van der Waals surface area (Å²) in [5.74, 6) is 3.64. The second-order valence-corrected chi connectivity index (χ2v) is 6.23. The van der Waals surface area contributed by atoms with Gasteiger partial charge in [0.2, 0.25) is 0 Å². The molecule has 152 valence electrons. The molecule has 0 atom stereocenters. The van der Waals surface area contributed by atoms with Crippen molar-refractivity contribution in [3.8, 4) is 29.6 Å². The summed E-state index contributed by atoms with van der Waals surface area (Å²) in [6.07, 6.45) is 6.76. The number of carbonyl (C=O) groups is 1. The zero-order valence-corrected chi connectivity index (χ0v) is 16.8. The fraction of sp³-hybridized carbons (Fsp3) is 0.167. The third kappa shape index (κ3) is 4.89. The van der Waals surface area contributed by atoms with Crippen LogP contribution in [0.15, 0.2) is 59.7 Å².